The molecule has 0 aliphatic carbocycles. The van der Waals surface area contributed by atoms with E-state index in [-0.39, 0.29) is 0 Å². The summed E-state index contributed by atoms with van der Waals surface area (Å²) in [4.78, 5) is 0. The number of unbranched alkanes of at least 4 members (excludes halogenated alkanes) is 1. The van der Waals surface area contributed by atoms with Gasteiger partial charge in [0.15, 0.2) is 0 Å². The molecular formula is C11H21N. The van der Waals surface area contributed by atoms with Crippen LogP contribution in [0.5, 0.6) is 0 Å². The lowest BCUT2D eigenvalue weighted by molar-refractivity contribution is 0.375. The summed E-state index contributed by atoms with van der Waals surface area (Å²) in [6.45, 7) is 6.79. The molecule has 0 amide bonds. The highest BCUT2D eigenvalue weighted by Crippen LogP contribution is 2.32. The van der Waals surface area contributed by atoms with Crippen LogP contribution in [0.15, 0.2) is 12.2 Å². The second-order valence-corrected chi connectivity index (χ2v) is 3.89. The summed E-state index contributed by atoms with van der Waals surface area (Å²) >= 11 is 0. The smallest absolute Gasteiger partial charge is 0.00430 e. The molecule has 1 heteroatoms. The number of rotatable bonds is 4. The fourth-order valence-electron chi connectivity index (χ4n) is 2.08. The Balaban J connectivity index is 2.46. The third kappa shape index (κ3) is 2.34. The maximum absolute atomic E-state index is 3.46. The second-order valence-electron chi connectivity index (χ2n) is 3.89. The molecule has 1 fully saturated rings. The molecule has 1 heterocycles. The van der Waals surface area contributed by atoms with Crippen LogP contribution in [0.4, 0.5) is 0 Å². The van der Waals surface area contributed by atoms with Gasteiger partial charge in [-0.1, -0.05) is 31.9 Å². The van der Waals surface area contributed by atoms with Crippen molar-refractivity contribution in [1.82, 2.24) is 5.32 Å². The monoisotopic (exact) mass is 167 g/mol. The van der Waals surface area contributed by atoms with Crippen molar-refractivity contribution in [2.24, 2.45) is 5.41 Å². The van der Waals surface area contributed by atoms with Crippen LogP contribution in [-0.4, -0.2) is 13.1 Å². The van der Waals surface area contributed by atoms with E-state index in [1.807, 2.05) is 0 Å². The minimum absolute atomic E-state index is 0.505. The van der Waals surface area contributed by atoms with Crippen LogP contribution in [0.1, 0.15) is 39.5 Å². The van der Waals surface area contributed by atoms with E-state index in [0.717, 1.165) is 0 Å². The first-order chi connectivity index (χ1) is 5.83. The van der Waals surface area contributed by atoms with Crippen LogP contribution in [0, 0.1) is 5.41 Å². The van der Waals surface area contributed by atoms with E-state index in [0.29, 0.717) is 5.41 Å². The zero-order valence-electron chi connectivity index (χ0n) is 8.40. The lowest BCUT2D eigenvalue weighted by atomic mass is 9.82. The maximum Gasteiger partial charge on any atom is 0.00430 e. The topological polar surface area (TPSA) is 12.0 Å². The Morgan fingerprint density at radius 1 is 1.50 bits per heavy atom. The summed E-state index contributed by atoms with van der Waals surface area (Å²) in [7, 11) is 0. The second kappa shape index (κ2) is 4.66. The predicted molar refractivity (Wildman–Crippen MR) is 54.3 cm³/mol. The van der Waals surface area contributed by atoms with Gasteiger partial charge in [-0.2, -0.15) is 0 Å². The van der Waals surface area contributed by atoms with Gasteiger partial charge in [-0.3, -0.25) is 0 Å². The number of hydrogen-bond acceptors (Lipinski definition) is 1. The van der Waals surface area contributed by atoms with E-state index in [9.17, 15) is 0 Å². The van der Waals surface area contributed by atoms with Crippen LogP contribution in [0.25, 0.3) is 0 Å². The predicted octanol–water partition coefficient (Wildman–Crippen LogP) is 2.73. The largest absolute Gasteiger partial charge is 0.316 e. The number of nitrogens with one attached hydrogen (secondary N) is 1. The molecule has 0 spiro atoms. The van der Waals surface area contributed by atoms with Gasteiger partial charge in [0.25, 0.3) is 0 Å². The zero-order chi connectivity index (χ0) is 8.86. The van der Waals surface area contributed by atoms with Gasteiger partial charge < -0.3 is 5.32 Å². The first kappa shape index (κ1) is 9.79. The van der Waals surface area contributed by atoms with Gasteiger partial charge in [-0.25, -0.2) is 0 Å². The summed E-state index contributed by atoms with van der Waals surface area (Å²) in [5.41, 5.74) is 0.505. The molecule has 0 aromatic heterocycles. The highest BCUT2D eigenvalue weighted by Gasteiger charge is 2.29. The van der Waals surface area contributed by atoms with E-state index in [2.05, 4.69) is 31.3 Å². The van der Waals surface area contributed by atoms with Crippen molar-refractivity contribution in [1.29, 1.82) is 0 Å². The van der Waals surface area contributed by atoms with Gasteiger partial charge in [-0.15, -0.1) is 0 Å². The summed E-state index contributed by atoms with van der Waals surface area (Å²) in [6.07, 6.45) is 9.99. The minimum Gasteiger partial charge on any atom is -0.316 e. The first-order valence-corrected chi connectivity index (χ1v) is 5.17. The van der Waals surface area contributed by atoms with Gasteiger partial charge in [-0.05, 0) is 26.3 Å². The van der Waals surface area contributed by atoms with E-state index in [1.165, 1.54) is 38.8 Å². The van der Waals surface area contributed by atoms with Crippen LogP contribution < -0.4 is 5.32 Å². The van der Waals surface area contributed by atoms with E-state index >= 15 is 0 Å². The molecule has 0 radical (unpaired) electrons. The molecule has 1 aliphatic rings. The molecule has 1 rings (SSSR count). The number of hydrogen-bond donors (Lipinski definition) is 1. The van der Waals surface area contributed by atoms with Gasteiger partial charge >= 0.3 is 0 Å². The molecule has 1 N–H and O–H groups in total. The Kier molecular flexibility index (Phi) is 3.80. The normalized spacial score (nSPS) is 30.2. The van der Waals surface area contributed by atoms with Gasteiger partial charge in [0, 0.05) is 12.0 Å². The zero-order valence-corrected chi connectivity index (χ0v) is 8.40. The summed E-state index contributed by atoms with van der Waals surface area (Å²) < 4.78 is 0. The van der Waals surface area contributed by atoms with Gasteiger partial charge in [0.2, 0.25) is 0 Å². The van der Waals surface area contributed by atoms with Crippen LogP contribution in [0.3, 0.4) is 0 Å². The molecule has 0 saturated carbocycles. The summed E-state index contributed by atoms with van der Waals surface area (Å²) in [5, 5.41) is 3.46. The minimum atomic E-state index is 0.505. The SMILES string of the molecule is CC=CC1(CCCC)CCNC1. The van der Waals surface area contributed by atoms with Crippen molar-refractivity contribution < 1.29 is 0 Å². The molecule has 70 valence electrons. The van der Waals surface area contributed by atoms with Crippen molar-refractivity contribution in [3.8, 4) is 0 Å². The van der Waals surface area contributed by atoms with Crippen molar-refractivity contribution in [3.05, 3.63) is 12.2 Å². The van der Waals surface area contributed by atoms with Crippen molar-refractivity contribution in [3.63, 3.8) is 0 Å². The average Bonchev–Trinajstić information content (AvgIpc) is 2.51. The highest BCUT2D eigenvalue weighted by molar-refractivity contribution is 5.03. The quantitative estimate of drug-likeness (QED) is 0.635. The average molecular weight is 167 g/mol. The molecule has 1 saturated heterocycles. The maximum atomic E-state index is 3.46. The van der Waals surface area contributed by atoms with E-state index < -0.39 is 0 Å². The van der Waals surface area contributed by atoms with Crippen molar-refractivity contribution in [2.75, 3.05) is 13.1 Å². The molecule has 0 aromatic carbocycles. The highest BCUT2D eigenvalue weighted by atomic mass is 14.9. The van der Waals surface area contributed by atoms with Gasteiger partial charge in [0.1, 0.15) is 0 Å². The number of allylic oxidation sites excluding steroid dienone is 1. The Hall–Kier alpha value is -0.300. The standard InChI is InChI=1S/C11H21N/c1-3-5-7-11(6-4-2)8-9-12-10-11/h4,6,12H,3,5,7-10H2,1-2H3. The van der Waals surface area contributed by atoms with Crippen LogP contribution in [0.2, 0.25) is 0 Å². The van der Waals surface area contributed by atoms with Gasteiger partial charge in [0.05, 0.1) is 0 Å². The molecular weight excluding hydrogens is 146 g/mol. The molecule has 1 unspecified atom stereocenters. The lowest BCUT2D eigenvalue weighted by Crippen LogP contribution is -2.21. The Labute approximate surface area is 76.2 Å². The molecule has 1 aliphatic heterocycles. The van der Waals surface area contributed by atoms with Crippen LogP contribution >= 0.6 is 0 Å². The van der Waals surface area contributed by atoms with Crippen molar-refractivity contribution in [2.45, 2.75) is 39.5 Å². The Morgan fingerprint density at radius 3 is 2.83 bits per heavy atom. The lowest BCUT2D eigenvalue weighted by Gasteiger charge is -2.23. The van der Waals surface area contributed by atoms with Crippen molar-refractivity contribution >= 4 is 0 Å². The molecule has 0 aromatic rings. The summed E-state index contributed by atoms with van der Waals surface area (Å²) in [6, 6.07) is 0. The third-order valence-electron chi connectivity index (χ3n) is 2.83. The third-order valence-corrected chi connectivity index (χ3v) is 2.83. The molecule has 12 heavy (non-hydrogen) atoms. The van der Waals surface area contributed by atoms with E-state index in [1.54, 1.807) is 0 Å². The Morgan fingerprint density at radius 2 is 2.33 bits per heavy atom. The molecule has 1 atom stereocenters. The van der Waals surface area contributed by atoms with E-state index in [4.69, 9.17) is 0 Å². The fourth-order valence-corrected chi connectivity index (χ4v) is 2.08. The first-order valence-electron chi connectivity index (χ1n) is 5.17. The fraction of sp³-hybridized carbons (Fsp3) is 0.818. The molecule has 1 nitrogen and oxygen atoms in total. The summed E-state index contributed by atoms with van der Waals surface area (Å²) in [5.74, 6) is 0. The Bertz CT molecular complexity index is 143. The molecule has 0 bridgehead atoms. The van der Waals surface area contributed by atoms with Crippen LogP contribution in [-0.2, 0) is 0 Å².